The van der Waals surface area contributed by atoms with Gasteiger partial charge in [0.15, 0.2) is 0 Å². The molecule has 1 N–H and O–H groups in total. The molecule has 2 rings (SSSR count). The first-order valence-corrected chi connectivity index (χ1v) is 11.0. The number of rotatable bonds is 8. The Hall–Kier alpha value is -2.24. The molecule has 31 heavy (non-hydrogen) atoms. The number of methoxy groups -OCH3 is 1. The van der Waals surface area contributed by atoms with Crippen LogP contribution in [0.1, 0.15) is 45.2 Å². The molecule has 0 bridgehead atoms. The zero-order valence-electron chi connectivity index (χ0n) is 18.7. The smallest absolute Gasteiger partial charge is 0.243 e. The molecule has 168 valence electrons. The Morgan fingerprint density at radius 3 is 2.26 bits per heavy atom. The molecular weight excluding hydrogens is 435 g/mol. The molecule has 0 saturated heterocycles. The SMILES string of the molecule is CC[C@H](C(=O)NC(C)(C)C)N(Cc1ccc(Cl)cc1Cl)C(=O)Cc1ccc(OC)cc1. The van der Waals surface area contributed by atoms with E-state index in [4.69, 9.17) is 27.9 Å². The van der Waals surface area contributed by atoms with Crippen LogP contribution in [0.2, 0.25) is 10.0 Å². The predicted molar refractivity (Wildman–Crippen MR) is 126 cm³/mol. The van der Waals surface area contributed by atoms with Gasteiger partial charge in [-0.15, -0.1) is 0 Å². The van der Waals surface area contributed by atoms with Crippen LogP contribution >= 0.6 is 23.2 Å². The predicted octanol–water partition coefficient (Wildman–Crippen LogP) is 5.27. The fraction of sp³-hybridized carbons (Fsp3) is 0.417. The van der Waals surface area contributed by atoms with Crippen LogP contribution in [-0.2, 0) is 22.6 Å². The van der Waals surface area contributed by atoms with Gasteiger partial charge in [-0.05, 0) is 62.6 Å². The number of amides is 2. The molecule has 0 aliphatic carbocycles. The zero-order valence-corrected chi connectivity index (χ0v) is 20.2. The molecule has 2 aromatic carbocycles. The van der Waals surface area contributed by atoms with Crippen molar-refractivity contribution in [2.75, 3.05) is 7.11 Å². The Kier molecular flexibility index (Phi) is 8.78. The van der Waals surface area contributed by atoms with Crippen LogP contribution in [0.15, 0.2) is 42.5 Å². The minimum absolute atomic E-state index is 0.160. The monoisotopic (exact) mass is 464 g/mol. The van der Waals surface area contributed by atoms with Crippen molar-refractivity contribution in [3.63, 3.8) is 0 Å². The fourth-order valence-corrected chi connectivity index (χ4v) is 3.69. The maximum atomic E-state index is 13.4. The normalized spacial score (nSPS) is 12.2. The minimum atomic E-state index is -0.628. The summed E-state index contributed by atoms with van der Waals surface area (Å²) in [5, 5.41) is 3.97. The first-order valence-electron chi connectivity index (χ1n) is 10.2. The Morgan fingerprint density at radius 2 is 1.74 bits per heavy atom. The van der Waals surface area contributed by atoms with Crippen molar-refractivity contribution < 1.29 is 14.3 Å². The lowest BCUT2D eigenvalue weighted by Crippen LogP contribution is -2.53. The third-order valence-electron chi connectivity index (χ3n) is 4.75. The summed E-state index contributed by atoms with van der Waals surface area (Å²) in [6, 6.07) is 11.8. The van der Waals surface area contributed by atoms with Gasteiger partial charge >= 0.3 is 0 Å². The van der Waals surface area contributed by atoms with Gasteiger partial charge in [0.25, 0.3) is 0 Å². The Labute approximate surface area is 194 Å². The molecule has 0 spiro atoms. The van der Waals surface area contributed by atoms with E-state index in [0.29, 0.717) is 16.5 Å². The number of benzene rings is 2. The molecule has 0 aromatic heterocycles. The summed E-state index contributed by atoms with van der Waals surface area (Å²) in [5.41, 5.74) is 1.16. The number of carbonyl (C=O) groups excluding carboxylic acids is 2. The van der Waals surface area contributed by atoms with Gasteiger partial charge in [0.05, 0.1) is 13.5 Å². The molecule has 0 radical (unpaired) electrons. The lowest BCUT2D eigenvalue weighted by molar-refractivity contribution is -0.141. The first kappa shape index (κ1) is 25.0. The van der Waals surface area contributed by atoms with Gasteiger partial charge in [-0.2, -0.15) is 0 Å². The molecule has 0 fully saturated rings. The Morgan fingerprint density at radius 1 is 1.10 bits per heavy atom. The molecule has 0 unspecified atom stereocenters. The standard InChI is InChI=1S/C24H30Cl2N2O3/c1-6-21(23(30)27-24(2,3)4)28(15-17-9-10-18(25)14-20(17)26)22(29)13-16-7-11-19(31-5)12-8-16/h7-12,14,21H,6,13,15H2,1-5H3,(H,27,30)/t21-/m1/s1. The van der Waals surface area contributed by atoms with Crippen molar-refractivity contribution in [3.05, 3.63) is 63.6 Å². The fourth-order valence-electron chi connectivity index (χ4n) is 3.23. The highest BCUT2D eigenvalue weighted by atomic mass is 35.5. The van der Waals surface area contributed by atoms with Crippen molar-refractivity contribution >= 4 is 35.0 Å². The summed E-state index contributed by atoms with van der Waals surface area (Å²) >= 11 is 12.4. The lowest BCUT2D eigenvalue weighted by atomic mass is 10.0. The second-order valence-corrected chi connectivity index (χ2v) is 9.29. The van der Waals surface area contributed by atoms with Crippen LogP contribution in [0.5, 0.6) is 5.75 Å². The van der Waals surface area contributed by atoms with Crippen molar-refractivity contribution in [2.24, 2.45) is 0 Å². The minimum Gasteiger partial charge on any atom is -0.497 e. The number of hydrogen-bond donors (Lipinski definition) is 1. The molecule has 2 aromatic rings. The molecule has 5 nitrogen and oxygen atoms in total. The highest BCUT2D eigenvalue weighted by Gasteiger charge is 2.31. The number of ether oxygens (including phenoxy) is 1. The van der Waals surface area contributed by atoms with Gasteiger partial charge in [-0.25, -0.2) is 0 Å². The van der Waals surface area contributed by atoms with Crippen LogP contribution in [-0.4, -0.2) is 35.4 Å². The van der Waals surface area contributed by atoms with Gasteiger partial charge in [0.2, 0.25) is 11.8 Å². The van der Waals surface area contributed by atoms with Crippen molar-refractivity contribution in [1.82, 2.24) is 10.2 Å². The van der Waals surface area contributed by atoms with Crippen LogP contribution in [0.3, 0.4) is 0 Å². The average Bonchev–Trinajstić information content (AvgIpc) is 2.68. The van der Waals surface area contributed by atoms with Gasteiger partial charge in [0.1, 0.15) is 11.8 Å². The van der Waals surface area contributed by atoms with Gasteiger partial charge in [0, 0.05) is 22.1 Å². The van der Waals surface area contributed by atoms with E-state index in [1.54, 1.807) is 30.2 Å². The van der Waals surface area contributed by atoms with E-state index in [1.165, 1.54) is 0 Å². The molecular formula is C24H30Cl2N2O3. The number of hydrogen-bond acceptors (Lipinski definition) is 3. The highest BCUT2D eigenvalue weighted by Crippen LogP contribution is 2.24. The molecule has 0 aliphatic rings. The van der Waals surface area contributed by atoms with Crippen LogP contribution in [0.4, 0.5) is 0 Å². The van der Waals surface area contributed by atoms with Crippen LogP contribution < -0.4 is 10.1 Å². The van der Waals surface area contributed by atoms with Crippen molar-refractivity contribution in [3.8, 4) is 5.75 Å². The largest absolute Gasteiger partial charge is 0.497 e. The van der Waals surface area contributed by atoms with Gasteiger partial charge in [-0.3, -0.25) is 9.59 Å². The van der Waals surface area contributed by atoms with E-state index in [1.807, 2.05) is 52.0 Å². The Balaban J connectivity index is 2.34. The van der Waals surface area contributed by atoms with Crippen LogP contribution in [0.25, 0.3) is 0 Å². The van der Waals surface area contributed by atoms with E-state index < -0.39 is 11.6 Å². The van der Waals surface area contributed by atoms with E-state index in [0.717, 1.165) is 16.9 Å². The van der Waals surface area contributed by atoms with E-state index in [2.05, 4.69) is 5.32 Å². The lowest BCUT2D eigenvalue weighted by Gasteiger charge is -2.33. The Bertz CT molecular complexity index is 908. The third-order valence-corrected chi connectivity index (χ3v) is 5.34. The summed E-state index contributed by atoms with van der Waals surface area (Å²) in [7, 11) is 1.59. The van der Waals surface area contributed by atoms with E-state index >= 15 is 0 Å². The summed E-state index contributed by atoms with van der Waals surface area (Å²) in [5.74, 6) is 0.368. The molecule has 1 atom stereocenters. The topological polar surface area (TPSA) is 58.6 Å². The third kappa shape index (κ3) is 7.44. The van der Waals surface area contributed by atoms with E-state index in [-0.39, 0.29) is 24.8 Å². The number of halogens is 2. The summed E-state index contributed by atoms with van der Waals surface area (Å²) in [6.07, 6.45) is 0.635. The second-order valence-electron chi connectivity index (χ2n) is 8.45. The first-order chi connectivity index (χ1) is 14.5. The maximum Gasteiger partial charge on any atom is 0.243 e. The van der Waals surface area contributed by atoms with Gasteiger partial charge < -0.3 is 15.0 Å². The maximum absolute atomic E-state index is 13.4. The number of nitrogens with one attached hydrogen (secondary N) is 1. The van der Waals surface area contributed by atoms with Gasteiger partial charge in [-0.1, -0.05) is 48.3 Å². The molecule has 0 saturated carbocycles. The van der Waals surface area contributed by atoms with E-state index in [9.17, 15) is 9.59 Å². The van der Waals surface area contributed by atoms with Crippen LogP contribution in [0, 0.1) is 0 Å². The molecule has 0 aliphatic heterocycles. The highest BCUT2D eigenvalue weighted by molar-refractivity contribution is 6.35. The average molecular weight is 465 g/mol. The second kappa shape index (κ2) is 10.9. The summed E-state index contributed by atoms with van der Waals surface area (Å²) < 4.78 is 5.18. The zero-order chi connectivity index (χ0) is 23.2. The molecule has 0 heterocycles. The van der Waals surface area contributed by atoms with Crippen molar-refractivity contribution in [1.29, 1.82) is 0 Å². The van der Waals surface area contributed by atoms with Crippen molar-refractivity contribution in [2.45, 2.75) is 58.7 Å². The number of nitrogens with zero attached hydrogens (tertiary/aromatic N) is 1. The quantitative estimate of drug-likeness (QED) is 0.578. The molecule has 7 heteroatoms. The summed E-state index contributed by atoms with van der Waals surface area (Å²) in [6.45, 7) is 7.84. The molecule has 2 amide bonds. The number of carbonyl (C=O) groups is 2. The summed E-state index contributed by atoms with van der Waals surface area (Å²) in [4.78, 5) is 28.0.